The lowest BCUT2D eigenvalue weighted by Gasteiger charge is -2.35. The third-order valence-electron chi connectivity index (χ3n) is 4.49. The maximum atomic E-state index is 12.6. The first-order chi connectivity index (χ1) is 10.8. The number of likely N-dealkylation sites (tertiary alicyclic amines) is 1. The fraction of sp³-hybridized carbons (Fsp3) is 0.812. The molecule has 0 amide bonds. The molecule has 1 aromatic heterocycles. The van der Waals surface area contributed by atoms with Gasteiger partial charge < -0.3 is 0 Å². The Morgan fingerprint density at radius 1 is 1.22 bits per heavy atom. The van der Waals surface area contributed by atoms with Crippen LogP contribution in [0.3, 0.4) is 0 Å². The molecule has 0 aromatic carbocycles. The maximum Gasteiger partial charge on any atom is 0.244 e. The van der Waals surface area contributed by atoms with Crippen LogP contribution in [0.2, 0.25) is 0 Å². The summed E-state index contributed by atoms with van der Waals surface area (Å²) in [6.45, 7) is 10.4. The molecular formula is C16H30N4O2S. The van der Waals surface area contributed by atoms with E-state index < -0.39 is 10.0 Å². The van der Waals surface area contributed by atoms with Gasteiger partial charge in [0.1, 0.15) is 4.90 Å². The number of sulfonamides is 1. The monoisotopic (exact) mass is 342 g/mol. The summed E-state index contributed by atoms with van der Waals surface area (Å²) in [7, 11) is -3.52. The molecule has 2 rings (SSSR count). The van der Waals surface area contributed by atoms with Crippen molar-refractivity contribution in [3.05, 3.63) is 11.4 Å². The van der Waals surface area contributed by atoms with Gasteiger partial charge in [0.15, 0.2) is 0 Å². The molecule has 1 fully saturated rings. The number of aromatic nitrogens is 2. The van der Waals surface area contributed by atoms with Crippen molar-refractivity contribution in [1.29, 1.82) is 0 Å². The zero-order valence-electron chi connectivity index (χ0n) is 14.7. The predicted molar refractivity (Wildman–Crippen MR) is 91.9 cm³/mol. The smallest absolute Gasteiger partial charge is 0.244 e. The second-order valence-electron chi connectivity index (χ2n) is 7.00. The van der Waals surface area contributed by atoms with Crippen molar-refractivity contribution in [3.8, 4) is 0 Å². The van der Waals surface area contributed by atoms with Gasteiger partial charge in [0.25, 0.3) is 0 Å². The van der Waals surface area contributed by atoms with Crippen molar-refractivity contribution < 1.29 is 8.42 Å². The Kier molecular flexibility index (Phi) is 6.22. The van der Waals surface area contributed by atoms with Gasteiger partial charge in [0.2, 0.25) is 10.0 Å². The zero-order valence-corrected chi connectivity index (χ0v) is 15.5. The highest BCUT2D eigenvalue weighted by molar-refractivity contribution is 7.89. The number of nitrogens with zero attached hydrogens (tertiary/aromatic N) is 2. The van der Waals surface area contributed by atoms with E-state index in [2.05, 4.69) is 33.7 Å². The van der Waals surface area contributed by atoms with E-state index in [1.807, 2.05) is 0 Å². The minimum atomic E-state index is -3.52. The Bertz CT molecular complexity index is 584. The van der Waals surface area contributed by atoms with Crippen molar-refractivity contribution in [3.63, 3.8) is 0 Å². The quantitative estimate of drug-likeness (QED) is 0.796. The third-order valence-corrected chi connectivity index (χ3v) is 6.17. The van der Waals surface area contributed by atoms with Crippen molar-refractivity contribution in [2.75, 3.05) is 19.6 Å². The van der Waals surface area contributed by atoms with Crippen LogP contribution in [0, 0.1) is 19.8 Å². The average Bonchev–Trinajstić information content (AvgIpc) is 2.84. The molecule has 1 saturated heterocycles. The first-order valence-corrected chi connectivity index (χ1v) is 10.0. The molecule has 0 saturated carbocycles. The molecule has 132 valence electrons. The molecule has 1 unspecified atom stereocenters. The molecule has 1 aliphatic heterocycles. The van der Waals surface area contributed by atoms with E-state index in [4.69, 9.17) is 0 Å². The van der Waals surface area contributed by atoms with Crippen LogP contribution < -0.4 is 4.72 Å². The Hall–Kier alpha value is -0.920. The SMILES string of the molecule is Cc1n[nH]c(C)c1S(=O)(=O)NCC(CC(C)C)N1CCCCC1. The van der Waals surface area contributed by atoms with E-state index in [0.29, 0.717) is 28.7 Å². The van der Waals surface area contributed by atoms with E-state index in [1.165, 1.54) is 19.3 Å². The van der Waals surface area contributed by atoms with Crippen LogP contribution in [-0.4, -0.2) is 49.2 Å². The van der Waals surface area contributed by atoms with Crippen molar-refractivity contribution >= 4 is 10.0 Å². The van der Waals surface area contributed by atoms with Gasteiger partial charge in [-0.15, -0.1) is 0 Å². The molecule has 0 aliphatic carbocycles. The fourth-order valence-corrected chi connectivity index (χ4v) is 4.84. The maximum absolute atomic E-state index is 12.6. The number of aromatic amines is 1. The van der Waals surface area contributed by atoms with Gasteiger partial charge in [-0.1, -0.05) is 20.3 Å². The summed E-state index contributed by atoms with van der Waals surface area (Å²) < 4.78 is 28.1. The zero-order chi connectivity index (χ0) is 17.0. The van der Waals surface area contributed by atoms with E-state index in [9.17, 15) is 8.42 Å². The first kappa shape index (κ1) is 18.4. The van der Waals surface area contributed by atoms with Crippen molar-refractivity contribution in [2.24, 2.45) is 5.92 Å². The molecule has 0 spiro atoms. The van der Waals surface area contributed by atoms with Gasteiger partial charge in [-0.3, -0.25) is 10.00 Å². The number of nitrogens with one attached hydrogen (secondary N) is 2. The minimum Gasteiger partial charge on any atom is -0.299 e. The third kappa shape index (κ3) is 4.78. The van der Waals surface area contributed by atoms with Gasteiger partial charge in [-0.25, -0.2) is 13.1 Å². The lowest BCUT2D eigenvalue weighted by Crippen LogP contribution is -2.46. The summed E-state index contributed by atoms with van der Waals surface area (Å²) in [4.78, 5) is 2.74. The molecular weight excluding hydrogens is 312 g/mol. The van der Waals surface area contributed by atoms with Crippen LogP contribution in [-0.2, 0) is 10.0 Å². The van der Waals surface area contributed by atoms with Crippen molar-refractivity contribution in [2.45, 2.75) is 64.3 Å². The van der Waals surface area contributed by atoms with Gasteiger partial charge >= 0.3 is 0 Å². The lowest BCUT2D eigenvalue weighted by molar-refractivity contribution is 0.146. The topological polar surface area (TPSA) is 78.1 Å². The van der Waals surface area contributed by atoms with Crippen molar-refractivity contribution in [1.82, 2.24) is 19.8 Å². The van der Waals surface area contributed by atoms with Gasteiger partial charge in [-0.05, 0) is 52.1 Å². The van der Waals surface area contributed by atoms with E-state index >= 15 is 0 Å². The number of hydrogen-bond donors (Lipinski definition) is 2. The molecule has 6 nitrogen and oxygen atoms in total. The van der Waals surface area contributed by atoms with E-state index in [0.717, 1.165) is 19.5 Å². The number of rotatable bonds is 7. The summed E-state index contributed by atoms with van der Waals surface area (Å²) in [5, 5.41) is 6.74. The summed E-state index contributed by atoms with van der Waals surface area (Å²) in [6, 6.07) is 0.262. The van der Waals surface area contributed by atoms with Crippen LogP contribution in [0.25, 0.3) is 0 Å². The van der Waals surface area contributed by atoms with Crippen LogP contribution in [0.5, 0.6) is 0 Å². The normalized spacial score (nSPS) is 18.5. The fourth-order valence-electron chi connectivity index (χ4n) is 3.40. The molecule has 2 N–H and O–H groups in total. The van der Waals surface area contributed by atoms with Crippen LogP contribution in [0.1, 0.15) is 50.9 Å². The number of aryl methyl sites for hydroxylation is 2. The van der Waals surface area contributed by atoms with Crippen LogP contribution in [0.15, 0.2) is 4.90 Å². The van der Waals surface area contributed by atoms with Gasteiger partial charge in [0, 0.05) is 12.6 Å². The predicted octanol–water partition coefficient (Wildman–Crippen LogP) is 2.21. The van der Waals surface area contributed by atoms with E-state index in [-0.39, 0.29) is 6.04 Å². The highest BCUT2D eigenvalue weighted by Gasteiger charge is 2.26. The molecule has 1 aromatic rings. The Morgan fingerprint density at radius 2 is 1.87 bits per heavy atom. The van der Waals surface area contributed by atoms with Crippen LogP contribution in [0.4, 0.5) is 0 Å². The van der Waals surface area contributed by atoms with E-state index in [1.54, 1.807) is 13.8 Å². The summed E-state index contributed by atoms with van der Waals surface area (Å²) >= 11 is 0. The standard InChI is InChI=1S/C16H30N4O2S/c1-12(2)10-15(20-8-6-5-7-9-20)11-17-23(21,22)16-13(3)18-19-14(16)4/h12,15,17H,5-11H2,1-4H3,(H,18,19). The molecule has 23 heavy (non-hydrogen) atoms. The van der Waals surface area contributed by atoms with Gasteiger partial charge in [0.05, 0.1) is 11.4 Å². The second-order valence-corrected chi connectivity index (χ2v) is 8.70. The Morgan fingerprint density at radius 3 is 2.39 bits per heavy atom. The lowest BCUT2D eigenvalue weighted by atomic mass is 10.00. The largest absolute Gasteiger partial charge is 0.299 e. The average molecular weight is 343 g/mol. The molecule has 0 radical (unpaired) electrons. The highest BCUT2D eigenvalue weighted by Crippen LogP contribution is 2.19. The number of hydrogen-bond acceptors (Lipinski definition) is 4. The minimum absolute atomic E-state index is 0.262. The summed E-state index contributed by atoms with van der Waals surface area (Å²) in [5.41, 5.74) is 1.11. The molecule has 1 aliphatic rings. The van der Waals surface area contributed by atoms with Gasteiger partial charge in [-0.2, -0.15) is 5.10 Å². The summed E-state index contributed by atoms with van der Waals surface area (Å²) in [5.74, 6) is 0.545. The highest BCUT2D eigenvalue weighted by atomic mass is 32.2. The Labute approximate surface area is 140 Å². The molecule has 2 heterocycles. The Balaban J connectivity index is 2.07. The number of H-pyrrole nitrogens is 1. The molecule has 7 heteroatoms. The molecule has 0 bridgehead atoms. The summed E-state index contributed by atoms with van der Waals surface area (Å²) in [6.07, 6.45) is 4.71. The van der Waals surface area contributed by atoms with Crippen LogP contribution >= 0.6 is 0 Å². The first-order valence-electron chi connectivity index (χ1n) is 8.56. The molecule has 1 atom stereocenters. The second kappa shape index (κ2) is 7.77. The number of piperidine rings is 1.